The molecule has 120 valence electrons. The summed E-state index contributed by atoms with van der Waals surface area (Å²) >= 11 is 9.24. The zero-order chi connectivity index (χ0) is 16.2. The number of amides is 1. The van der Waals surface area contributed by atoms with Crippen molar-refractivity contribution in [2.75, 3.05) is 13.2 Å². The minimum atomic E-state index is -0.173. The van der Waals surface area contributed by atoms with Crippen molar-refractivity contribution in [3.63, 3.8) is 0 Å². The van der Waals surface area contributed by atoms with Crippen LogP contribution in [0.1, 0.15) is 18.0 Å². The van der Waals surface area contributed by atoms with Gasteiger partial charge in [0.15, 0.2) is 6.61 Å². The molecule has 0 aromatic heterocycles. The van der Waals surface area contributed by atoms with Crippen LogP contribution in [0, 0.1) is 0 Å². The topological polar surface area (TPSA) is 47.6 Å². The summed E-state index contributed by atoms with van der Waals surface area (Å²) in [5, 5.41) is 3.60. The van der Waals surface area contributed by atoms with Crippen molar-refractivity contribution in [2.24, 2.45) is 0 Å². The molecule has 1 atom stereocenters. The molecular formula is C17H15BrClNO3. The van der Waals surface area contributed by atoms with Gasteiger partial charge in [-0.1, -0.05) is 29.8 Å². The normalized spacial score (nSPS) is 16.2. The minimum absolute atomic E-state index is 0.0512. The Morgan fingerprint density at radius 1 is 1.35 bits per heavy atom. The maximum Gasteiger partial charge on any atom is 0.258 e. The summed E-state index contributed by atoms with van der Waals surface area (Å²) in [6.07, 6.45) is 0.743. The van der Waals surface area contributed by atoms with Gasteiger partial charge >= 0.3 is 0 Å². The van der Waals surface area contributed by atoms with Gasteiger partial charge in [0.2, 0.25) is 0 Å². The van der Waals surface area contributed by atoms with E-state index in [0.29, 0.717) is 21.9 Å². The van der Waals surface area contributed by atoms with Crippen LogP contribution in [0.15, 0.2) is 46.9 Å². The van der Waals surface area contributed by atoms with Gasteiger partial charge in [0, 0.05) is 17.0 Å². The molecule has 0 saturated carbocycles. The van der Waals surface area contributed by atoms with Crippen molar-refractivity contribution in [2.45, 2.75) is 12.5 Å². The lowest BCUT2D eigenvalue weighted by Gasteiger charge is -2.26. The van der Waals surface area contributed by atoms with Crippen LogP contribution < -0.4 is 14.8 Å². The maximum absolute atomic E-state index is 12.2. The first kappa shape index (κ1) is 16.1. The zero-order valence-electron chi connectivity index (χ0n) is 12.2. The predicted octanol–water partition coefficient (Wildman–Crippen LogP) is 4.12. The number of hydrogen-bond acceptors (Lipinski definition) is 3. The third kappa shape index (κ3) is 3.98. The molecule has 2 aromatic carbocycles. The Bertz CT molecular complexity index is 723. The minimum Gasteiger partial charge on any atom is -0.493 e. The number of benzene rings is 2. The summed E-state index contributed by atoms with van der Waals surface area (Å²) in [6, 6.07) is 12.9. The molecule has 4 nitrogen and oxygen atoms in total. The van der Waals surface area contributed by atoms with E-state index in [-0.39, 0.29) is 18.6 Å². The highest BCUT2D eigenvalue weighted by molar-refractivity contribution is 9.10. The fourth-order valence-electron chi connectivity index (χ4n) is 2.46. The Balaban J connectivity index is 1.60. The number of carbonyl (C=O) groups is 1. The van der Waals surface area contributed by atoms with Gasteiger partial charge in [-0.15, -0.1) is 0 Å². The van der Waals surface area contributed by atoms with Crippen molar-refractivity contribution >= 4 is 33.4 Å². The lowest BCUT2D eigenvalue weighted by atomic mass is 10.0. The Kier molecular flexibility index (Phi) is 5.08. The number of fused-ring (bicyclic) bond motifs is 1. The van der Waals surface area contributed by atoms with E-state index in [2.05, 4.69) is 21.2 Å². The van der Waals surface area contributed by atoms with Crippen molar-refractivity contribution in [3.05, 3.63) is 57.5 Å². The molecule has 1 heterocycles. The molecule has 0 fully saturated rings. The monoisotopic (exact) mass is 395 g/mol. The summed E-state index contributed by atoms with van der Waals surface area (Å²) in [7, 11) is 0. The van der Waals surface area contributed by atoms with Crippen molar-refractivity contribution in [3.8, 4) is 11.5 Å². The SMILES string of the molecule is O=C(COc1ccc(Cl)cc1Br)N[C@H]1CCOc2ccccc21. The third-order valence-corrected chi connectivity index (χ3v) is 4.40. The quantitative estimate of drug-likeness (QED) is 0.845. The van der Waals surface area contributed by atoms with Crippen molar-refractivity contribution in [1.82, 2.24) is 5.32 Å². The molecule has 0 bridgehead atoms. The van der Waals surface area contributed by atoms with Crippen LogP contribution in [0.3, 0.4) is 0 Å². The van der Waals surface area contributed by atoms with E-state index in [1.807, 2.05) is 24.3 Å². The number of halogens is 2. The highest BCUT2D eigenvalue weighted by Gasteiger charge is 2.22. The van der Waals surface area contributed by atoms with E-state index in [9.17, 15) is 4.79 Å². The maximum atomic E-state index is 12.2. The molecule has 2 aromatic rings. The first-order valence-corrected chi connectivity index (χ1v) is 8.39. The molecule has 0 unspecified atom stereocenters. The van der Waals surface area contributed by atoms with E-state index in [1.54, 1.807) is 18.2 Å². The van der Waals surface area contributed by atoms with Gasteiger partial charge in [0.25, 0.3) is 5.91 Å². The van der Waals surface area contributed by atoms with E-state index in [1.165, 1.54) is 0 Å². The molecule has 6 heteroatoms. The molecule has 1 aliphatic rings. The number of para-hydroxylation sites is 1. The standard InChI is InChI=1S/C17H15BrClNO3/c18-13-9-11(19)5-6-16(13)23-10-17(21)20-14-7-8-22-15-4-2-1-3-12(14)15/h1-6,9,14H,7-8,10H2,(H,20,21)/t14-/m0/s1. The number of rotatable bonds is 4. The second-order valence-corrected chi connectivity index (χ2v) is 6.45. The molecule has 0 radical (unpaired) electrons. The largest absolute Gasteiger partial charge is 0.493 e. The highest BCUT2D eigenvalue weighted by atomic mass is 79.9. The van der Waals surface area contributed by atoms with Gasteiger partial charge in [0.05, 0.1) is 17.1 Å². The number of nitrogens with one attached hydrogen (secondary N) is 1. The van der Waals surface area contributed by atoms with E-state index in [0.717, 1.165) is 17.7 Å². The number of hydrogen-bond donors (Lipinski definition) is 1. The van der Waals surface area contributed by atoms with Gasteiger partial charge in [-0.25, -0.2) is 0 Å². The number of carbonyl (C=O) groups excluding carboxylic acids is 1. The van der Waals surface area contributed by atoms with Crippen LogP contribution in [0.2, 0.25) is 5.02 Å². The fraction of sp³-hybridized carbons (Fsp3) is 0.235. The van der Waals surface area contributed by atoms with Crippen LogP contribution in [-0.4, -0.2) is 19.1 Å². The van der Waals surface area contributed by atoms with E-state index >= 15 is 0 Å². The highest BCUT2D eigenvalue weighted by Crippen LogP contribution is 2.31. The smallest absolute Gasteiger partial charge is 0.258 e. The summed E-state index contributed by atoms with van der Waals surface area (Å²) in [5.41, 5.74) is 1.000. The van der Waals surface area contributed by atoms with Gasteiger partial charge in [-0.05, 0) is 40.2 Å². The molecule has 0 aliphatic carbocycles. The van der Waals surface area contributed by atoms with Crippen LogP contribution in [0.4, 0.5) is 0 Å². The zero-order valence-corrected chi connectivity index (χ0v) is 14.6. The Labute approximate surface area is 147 Å². The Morgan fingerprint density at radius 2 is 2.17 bits per heavy atom. The van der Waals surface area contributed by atoms with Gasteiger partial charge in [-0.2, -0.15) is 0 Å². The van der Waals surface area contributed by atoms with Crippen molar-refractivity contribution in [1.29, 1.82) is 0 Å². The molecule has 3 rings (SSSR count). The third-order valence-electron chi connectivity index (χ3n) is 3.55. The average molecular weight is 397 g/mol. The van der Waals surface area contributed by atoms with Crippen molar-refractivity contribution < 1.29 is 14.3 Å². The molecular weight excluding hydrogens is 382 g/mol. The molecule has 1 N–H and O–H groups in total. The van der Waals surface area contributed by atoms with Gasteiger partial charge in [-0.3, -0.25) is 4.79 Å². The van der Waals surface area contributed by atoms with Gasteiger partial charge in [0.1, 0.15) is 11.5 Å². The van der Waals surface area contributed by atoms with Crippen LogP contribution >= 0.6 is 27.5 Å². The van der Waals surface area contributed by atoms with Gasteiger partial charge < -0.3 is 14.8 Å². The Morgan fingerprint density at radius 3 is 3.00 bits per heavy atom. The second kappa shape index (κ2) is 7.23. The molecule has 0 spiro atoms. The molecule has 0 saturated heterocycles. The first-order valence-electron chi connectivity index (χ1n) is 7.22. The van der Waals surface area contributed by atoms with Crippen LogP contribution in [-0.2, 0) is 4.79 Å². The lowest BCUT2D eigenvalue weighted by Crippen LogP contribution is -2.35. The molecule has 1 amide bonds. The second-order valence-electron chi connectivity index (χ2n) is 5.16. The van der Waals surface area contributed by atoms with Crippen LogP contribution in [0.5, 0.6) is 11.5 Å². The lowest BCUT2D eigenvalue weighted by molar-refractivity contribution is -0.124. The number of ether oxygens (including phenoxy) is 2. The summed E-state index contributed by atoms with van der Waals surface area (Å²) in [6.45, 7) is 0.533. The fourth-order valence-corrected chi connectivity index (χ4v) is 3.26. The first-order chi connectivity index (χ1) is 11.1. The summed E-state index contributed by atoms with van der Waals surface area (Å²) in [5.74, 6) is 1.23. The molecule has 1 aliphatic heterocycles. The average Bonchev–Trinajstić information content (AvgIpc) is 2.54. The van der Waals surface area contributed by atoms with E-state index < -0.39 is 0 Å². The predicted molar refractivity (Wildman–Crippen MR) is 92.1 cm³/mol. The summed E-state index contributed by atoms with van der Waals surface area (Å²) in [4.78, 5) is 12.2. The Hall–Kier alpha value is -1.72. The van der Waals surface area contributed by atoms with E-state index in [4.69, 9.17) is 21.1 Å². The summed E-state index contributed by atoms with van der Waals surface area (Å²) < 4.78 is 11.8. The molecule has 23 heavy (non-hydrogen) atoms. The van der Waals surface area contributed by atoms with Crippen LogP contribution in [0.25, 0.3) is 0 Å².